The number of rotatable bonds is 3. The SMILES string of the molecule is Cc1ccc(CO)cc1NC(=O)c1cc2c(cc1F)NC(=O)CC2. The Kier molecular flexibility index (Phi) is 4.31. The van der Waals surface area contributed by atoms with E-state index in [4.69, 9.17) is 0 Å². The Morgan fingerprint density at radius 1 is 1.29 bits per heavy atom. The van der Waals surface area contributed by atoms with Crippen LogP contribution < -0.4 is 10.6 Å². The Balaban J connectivity index is 1.89. The summed E-state index contributed by atoms with van der Waals surface area (Å²) in [5.74, 6) is -1.41. The third-order valence-corrected chi connectivity index (χ3v) is 4.07. The molecular formula is C18H17FN2O3. The molecule has 2 amide bonds. The second-order valence-electron chi connectivity index (χ2n) is 5.80. The molecule has 0 saturated carbocycles. The molecule has 0 atom stereocenters. The number of carbonyl (C=O) groups is 2. The molecule has 3 N–H and O–H groups in total. The number of aliphatic hydroxyl groups excluding tert-OH is 1. The maximum atomic E-state index is 14.3. The van der Waals surface area contributed by atoms with Gasteiger partial charge in [0.1, 0.15) is 5.82 Å². The Labute approximate surface area is 138 Å². The van der Waals surface area contributed by atoms with Gasteiger partial charge in [-0.05, 0) is 48.2 Å². The lowest BCUT2D eigenvalue weighted by Gasteiger charge is -2.18. The van der Waals surface area contributed by atoms with E-state index in [0.29, 0.717) is 29.8 Å². The maximum Gasteiger partial charge on any atom is 0.258 e. The van der Waals surface area contributed by atoms with E-state index < -0.39 is 11.7 Å². The van der Waals surface area contributed by atoms with Gasteiger partial charge in [0.15, 0.2) is 0 Å². The maximum absolute atomic E-state index is 14.3. The summed E-state index contributed by atoms with van der Waals surface area (Å²) < 4.78 is 14.3. The van der Waals surface area contributed by atoms with Crippen LogP contribution in [0.2, 0.25) is 0 Å². The Bertz CT molecular complexity index is 833. The van der Waals surface area contributed by atoms with Crippen molar-refractivity contribution in [3.8, 4) is 0 Å². The van der Waals surface area contributed by atoms with Gasteiger partial charge in [0, 0.05) is 17.8 Å². The van der Waals surface area contributed by atoms with Crippen LogP contribution in [-0.2, 0) is 17.8 Å². The largest absolute Gasteiger partial charge is 0.392 e. The second kappa shape index (κ2) is 6.41. The first-order chi connectivity index (χ1) is 11.5. The van der Waals surface area contributed by atoms with Crippen molar-refractivity contribution >= 4 is 23.2 Å². The van der Waals surface area contributed by atoms with Crippen LogP contribution in [0, 0.1) is 12.7 Å². The van der Waals surface area contributed by atoms with Crippen molar-refractivity contribution in [2.24, 2.45) is 0 Å². The number of hydrogen-bond acceptors (Lipinski definition) is 3. The van der Waals surface area contributed by atoms with E-state index in [2.05, 4.69) is 10.6 Å². The third kappa shape index (κ3) is 3.14. The monoisotopic (exact) mass is 328 g/mol. The first kappa shape index (κ1) is 16.1. The van der Waals surface area contributed by atoms with Crippen molar-refractivity contribution in [2.45, 2.75) is 26.4 Å². The highest BCUT2D eigenvalue weighted by Gasteiger charge is 2.21. The molecule has 0 saturated heterocycles. The fraction of sp³-hybridized carbons (Fsp3) is 0.222. The van der Waals surface area contributed by atoms with Crippen LogP contribution in [0.3, 0.4) is 0 Å². The average molecular weight is 328 g/mol. The molecule has 1 heterocycles. The molecule has 0 spiro atoms. The fourth-order valence-corrected chi connectivity index (χ4v) is 2.67. The van der Waals surface area contributed by atoms with Crippen molar-refractivity contribution in [1.29, 1.82) is 0 Å². The number of amides is 2. The lowest BCUT2D eigenvalue weighted by molar-refractivity contribution is -0.116. The first-order valence-electron chi connectivity index (χ1n) is 7.62. The molecule has 1 aliphatic heterocycles. The smallest absolute Gasteiger partial charge is 0.258 e. The number of aryl methyl sites for hydroxylation is 2. The molecule has 24 heavy (non-hydrogen) atoms. The van der Waals surface area contributed by atoms with Crippen LogP contribution in [0.4, 0.5) is 15.8 Å². The number of halogens is 1. The van der Waals surface area contributed by atoms with E-state index in [9.17, 15) is 19.1 Å². The summed E-state index contributed by atoms with van der Waals surface area (Å²) >= 11 is 0. The van der Waals surface area contributed by atoms with Crippen molar-refractivity contribution in [3.63, 3.8) is 0 Å². The summed E-state index contributed by atoms with van der Waals surface area (Å²) in [5, 5.41) is 14.5. The summed E-state index contributed by atoms with van der Waals surface area (Å²) in [6, 6.07) is 7.85. The first-order valence-corrected chi connectivity index (χ1v) is 7.62. The number of carbonyl (C=O) groups excluding carboxylic acids is 2. The van der Waals surface area contributed by atoms with Crippen molar-refractivity contribution < 1.29 is 19.1 Å². The molecule has 0 aromatic heterocycles. The van der Waals surface area contributed by atoms with Crippen LogP contribution in [0.15, 0.2) is 30.3 Å². The minimum Gasteiger partial charge on any atom is -0.392 e. The minimum absolute atomic E-state index is 0.0706. The van der Waals surface area contributed by atoms with Gasteiger partial charge in [0.05, 0.1) is 12.2 Å². The number of anilines is 2. The van der Waals surface area contributed by atoms with Crippen molar-refractivity contribution in [1.82, 2.24) is 0 Å². The number of fused-ring (bicyclic) bond motifs is 1. The number of aliphatic hydroxyl groups is 1. The molecule has 2 aromatic rings. The normalized spacial score (nSPS) is 13.2. The van der Waals surface area contributed by atoms with E-state index in [-0.39, 0.29) is 18.1 Å². The Hall–Kier alpha value is -2.73. The molecule has 2 aromatic carbocycles. The molecule has 124 valence electrons. The van der Waals surface area contributed by atoms with Gasteiger partial charge < -0.3 is 15.7 Å². The van der Waals surface area contributed by atoms with Gasteiger partial charge in [-0.25, -0.2) is 4.39 Å². The second-order valence-corrected chi connectivity index (χ2v) is 5.80. The zero-order valence-corrected chi connectivity index (χ0v) is 13.1. The van der Waals surface area contributed by atoms with Gasteiger partial charge >= 0.3 is 0 Å². The summed E-state index contributed by atoms with van der Waals surface area (Å²) in [6.07, 6.45) is 0.790. The number of hydrogen-bond donors (Lipinski definition) is 3. The molecule has 1 aliphatic rings. The van der Waals surface area contributed by atoms with Crippen LogP contribution in [0.25, 0.3) is 0 Å². The lowest BCUT2D eigenvalue weighted by Crippen LogP contribution is -2.21. The fourth-order valence-electron chi connectivity index (χ4n) is 2.67. The number of nitrogens with one attached hydrogen (secondary N) is 2. The average Bonchev–Trinajstić information content (AvgIpc) is 2.56. The van der Waals surface area contributed by atoms with Crippen LogP contribution >= 0.6 is 0 Å². The van der Waals surface area contributed by atoms with Crippen LogP contribution in [-0.4, -0.2) is 16.9 Å². The van der Waals surface area contributed by atoms with Gasteiger partial charge in [-0.1, -0.05) is 12.1 Å². The summed E-state index contributed by atoms with van der Waals surface area (Å²) in [5.41, 5.74) is 3.08. The zero-order chi connectivity index (χ0) is 17.3. The molecule has 0 radical (unpaired) electrons. The molecular weight excluding hydrogens is 311 g/mol. The molecule has 0 unspecified atom stereocenters. The van der Waals surface area contributed by atoms with E-state index in [1.807, 2.05) is 6.92 Å². The summed E-state index contributed by atoms with van der Waals surface area (Å²) in [7, 11) is 0. The predicted octanol–water partition coefficient (Wildman–Crippen LogP) is 2.76. The standard InChI is InChI=1S/C18H17FN2O3/c1-10-2-3-11(9-22)6-15(10)21-18(24)13-7-12-4-5-17(23)20-16(12)8-14(13)19/h2-3,6-8,22H,4-5,9H2,1H3,(H,20,23)(H,21,24). The topological polar surface area (TPSA) is 78.4 Å². The highest BCUT2D eigenvalue weighted by atomic mass is 19.1. The zero-order valence-electron chi connectivity index (χ0n) is 13.1. The predicted molar refractivity (Wildman–Crippen MR) is 88.4 cm³/mol. The molecule has 5 nitrogen and oxygen atoms in total. The van der Waals surface area contributed by atoms with E-state index in [1.165, 1.54) is 12.1 Å². The van der Waals surface area contributed by atoms with Crippen molar-refractivity contribution in [2.75, 3.05) is 10.6 Å². The summed E-state index contributed by atoms with van der Waals surface area (Å²) in [6.45, 7) is 1.67. The van der Waals surface area contributed by atoms with E-state index in [1.54, 1.807) is 18.2 Å². The third-order valence-electron chi connectivity index (χ3n) is 4.07. The summed E-state index contributed by atoms with van der Waals surface area (Å²) in [4.78, 5) is 23.8. The van der Waals surface area contributed by atoms with E-state index in [0.717, 1.165) is 11.1 Å². The highest BCUT2D eigenvalue weighted by molar-refractivity contribution is 6.06. The number of benzene rings is 2. The quantitative estimate of drug-likeness (QED) is 0.811. The Morgan fingerprint density at radius 3 is 2.83 bits per heavy atom. The van der Waals surface area contributed by atoms with Gasteiger partial charge in [0.2, 0.25) is 5.91 Å². The molecule has 0 bridgehead atoms. The van der Waals surface area contributed by atoms with E-state index >= 15 is 0 Å². The van der Waals surface area contributed by atoms with Crippen LogP contribution in [0.5, 0.6) is 0 Å². The highest BCUT2D eigenvalue weighted by Crippen LogP contribution is 2.27. The molecule has 0 aliphatic carbocycles. The van der Waals surface area contributed by atoms with Gasteiger partial charge in [-0.2, -0.15) is 0 Å². The van der Waals surface area contributed by atoms with Gasteiger partial charge in [0.25, 0.3) is 5.91 Å². The lowest BCUT2D eigenvalue weighted by atomic mass is 9.99. The minimum atomic E-state index is -0.690. The molecule has 0 fully saturated rings. The van der Waals surface area contributed by atoms with Gasteiger partial charge in [-0.3, -0.25) is 9.59 Å². The molecule has 6 heteroatoms. The van der Waals surface area contributed by atoms with Crippen LogP contribution in [0.1, 0.15) is 33.5 Å². The van der Waals surface area contributed by atoms with Gasteiger partial charge in [-0.15, -0.1) is 0 Å². The Morgan fingerprint density at radius 2 is 2.08 bits per heavy atom. The van der Waals surface area contributed by atoms with Crippen molar-refractivity contribution in [3.05, 3.63) is 58.4 Å². The molecule has 3 rings (SSSR count).